The summed E-state index contributed by atoms with van der Waals surface area (Å²) in [6.07, 6.45) is 0. The summed E-state index contributed by atoms with van der Waals surface area (Å²) >= 11 is 12.3. The van der Waals surface area contributed by atoms with Gasteiger partial charge in [0.25, 0.3) is 14.4 Å². The summed E-state index contributed by atoms with van der Waals surface area (Å²) in [6, 6.07) is 4.39. The average Bonchev–Trinajstić information content (AvgIpc) is 2.70. The van der Waals surface area contributed by atoms with Crippen LogP contribution in [0.4, 0.5) is 10.8 Å². The SMILES string of the molecule is Nc1nnc(S(=O)(=O)Nc2ccc(Cl)cc2Cl)s1. The second kappa shape index (κ2) is 4.88. The standard InChI is InChI=1S/C8H6Cl2N4O2S2/c9-4-1-2-6(5(10)3-4)14-18(15,16)8-13-12-7(11)17-8/h1-3,14H,(H2,11,12). The number of rotatable bonds is 3. The smallest absolute Gasteiger partial charge is 0.291 e. The number of hydrogen-bond donors (Lipinski definition) is 2. The maximum Gasteiger partial charge on any atom is 0.291 e. The number of anilines is 2. The normalized spacial score (nSPS) is 11.4. The number of nitrogens with two attached hydrogens (primary N) is 1. The Morgan fingerprint density at radius 1 is 1.28 bits per heavy atom. The second-order valence-electron chi connectivity index (χ2n) is 3.14. The second-order valence-corrected chi connectivity index (χ2v) is 6.84. The predicted molar refractivity (Wildman–Crippen MR) is 71.6 cm³/mol. The maximum atomic E-state index is 11.9. The van der Waals surface area contributed by atoms with E-state index < -0.39 is 10.0 Å². The van der Waals surface area contributed by atoms with Crippen LogP contribution in [0, 0.1) is 0 Å². The lowest BCUT2D eigenvalue weighted by Gasteiger charge is -2.06. The molecule has 0 aliphatic heterocycles. The van der Waals surface area contributed by atoms with Crippen LogP contribution in [0.3, 0.4) is 0 Å². The van der Waals surface area contributed by atoms with Crippen LogP contribution in [-0.4, -0.2) is 18.6 Å². The molecule has 2 aromatic rings. The van der Waals surface area contributed by atoms with Gasteiger partial charge in [0.05, 0.1) is 10.7 Å². The highest BCUT2D eigenvalue weighted by Crippen LogP contribution is 2.28. The molecule has 1 aromatic carbocycles. The molecular weight excluding hydrogens is 319 g/mol. The lowest BCUT2D eigenvalue weighted by atomic mass is 10.3. The molecule has 0 aliphatic rings. The number of halogens is 2. The van der Waals surface area contributed by atoms with Gasteiger partial charge in [-0.1, -0.05) is 34.5 Å². The Kier molecular flexibility index (Phi) is 3.62. The maximum absolute atomic E-state index is 11.9. The van der Waals surface area contributed by atoms with Crippen molar-refractivity contribution in [3.05, 3.63) is 28.2 Å². The molecule has 0 radical (unpaired) electrons. The van der Waals surface area contributed by atoms with Crippen molar-refractivity contribution in [1.29, 1.82) is 0 Å². The van der Waals surface area contributed by atoms with E-state index in [4.69, 9.17) is 28.9 Å². The fourth-order valence-corrected chi connectivity index (χ4v) is 3.47. The summed E-state index contributed by atoms with van der Waals surface area (Å²) in [5.74, 6) is 0. The van der Waals surface area contributed by atoms with E-state index >= 15 is 0 Å². The van der Waals surface area contributed by atoms with Crippen molar-refractivity contribution in [1.82, 2.24) is 10.2 Å². The minimum Gasteiger partial charge on any atom is -0.374 e. The Morgan fingerprint density at radius 2 is 2.00 bits per heavy atom. The quantitative estimate of drug-likeness (QED) is 0.902. The van der Waals surface area contributed by atoms with E-state index in [1.165, 1.54) is 18.2 Å². The van der Waals surface area contributed by atoms with Crippen LogP contribution in [0.25, 0.3) is 0 Å². The first-order chi connectivity index (χ1) is 8.38. The van der Waals surface area contributed by atoms with E-state index in [2.05, 4.69) is 14.9 Å². The highest BCUT2D eigenvalue weighted by Gasteiger charge is 2.20. The van der Waals surface area contributed by atoms with Crippen molar-refractivity contribution in [2.24, 2.45) is 0 Å². The molecule has 6 nitrogen and oxygen atoms in total. The van der Waals surface area contributed by atoms with Gasteiger partial charge in [-0.15, -0.1) is 10.2 Å². The number of benzene rings is 1. The van der Waals surface area contributed by atoms with Crippen molar-refractivity contribution >= 4 is 55.4 Å². The number of aromatic nitrogens is 2. The topological polar surface area (TPSA) is 98.0 Å². The minimum atomic E-state index is -3.84. The van der Waals surface area contributed by atoms with Crippen molar-refractivity contribution in [3.8, 4) is 0 Å². The number of nitrogens with one attached hydrogen (secondary N) is 1. The van der Waals surface area contributed by atoms with E-state index in [1.54, 1.807) is 0 Å². The van der Waals surface area contributed by atoms with Crippen LogP contribution in [0.1, 0.15) is 0 Å². The van der Waals surface area contributed by atoms with Crippen molar-refractivity contribution in [2.45, 2.75) is 4.34 Å². The first kappa shape index (κ1) is 13.3. The van der Waals surface area contributed by atoms with Crippen LogP contribution in [0.15, 0.2) is 22.5 Å². The molecule has 0 unspecified atom stereocenters. The number of sulfonamides is 1. The molecule has 0 aliphatic carbocycles. The van der Waals surface area contributed by atoms with Gasteiger partial charge in [-0.2, -0.15) is 8.42 Å². The molecule has 10 heteroatoms. The molecular formula is C8H6Cl2N4O2S2. The third-order valence-electron chi connectivity index (χ3n) is 1.83. The van der Waals surface area contributed by atoms with Crippen molar-refractivity contribution in [2.75, 3.05) is 10.5 Å². The summed E-state index contributed by atoms with van der Waals surface area (Å²) in [6.45, 7) is 0. The molecule has 1 aromatic heterocycles. The van der Waals surface area contributed by atoms with E-state index in [9.17, 15) is 8.42 Å². The van der Waals surface area contributed by atoms with Crippen LogP contribution in [0.5, 0.6) is 0 Å². The van der Waals surface area contributed by atoms with Crippen LogP contribution in [0.2, 0.25) is 10.0 Å². The molecule has 18 heavy (non-hydrogen) atoms. The highest BCUT2D eigenvalue weighted by atomic mass is 35.5. The highest BCUT2D eigenvalue weighted by molar-refractivity contribution is 7.94. The lowest BCUT2D eigenvalue weighted by Crippen LogP contribution is -2.13. The molecule has 0 bridgehead atoms. The third kappa shape index (κ3) is 2.83. The molecule has 96 valence electrons. The summed E-state index contributed by atoms with van der Waals surface area (Å²) < 4.78 is 25.9. The van der Waals surface area contributed by atoms with Gasteiger partial charge in [0.2, 0.25) is 5.13 Å². The van der Waals surface area contributed by atoms with Crippen LogP contribution >= 0.6 is 34.5 Å². The molecule has 0 amide bonds. The summed E-state index contributed by atoms with van der Waals surface area (Å²) in [5.41, 5.74) is 5.53. The molecule has 1 heterocycles. The van der Waals surface area contributed by atoms with E-state index in [0.717, 1.165) is 11.3 Å². The zero-order valence-electron chi connectivity index (χ0n) is 8.59. The van der Waals surface area contributed by atoms with Crippen molar-refractivity contribution in [3.63, 3.8) is 0 Å². The molecule has 0 saturated carbocycles. The van der Waals surface area contributed by atoms with Gasteiger partial charge >= 0.3 is 0 Å². The predicted octanol–water partition coefficient (Wildman–Crippen LogP) is 2.23. The minimum absolute atomic E-state index is 0.0672. The van der Waals surface area contributed by atoms with Gasteiger partial charge in [-0.25, -0.2) is 0 Å². The van der Waals surface area contributed by atoms with E-state index in [-0.39, 0.29) is 20.2 Å². The Balaban J connectivity index is 2.33. The van der Waals surface area contributed by atoms with Crippen molar-refractivity contribution < 1.29 is 8.42 Å². The summed E-state index contributed by atoms with van der Waals surface area (Å²) in [4.78, 5) is 0. The fourth-order valence-electron chi connectivity index (χ4n) is 1.09. The van der Waals surface area contributed by atoms with Gasteiger partial charge < -0.3 is 5.73 Å². The molecule has 3 N–H and O–H groups in total. The monoisotopic (exact) mass is 324 g/mol. The third-order valence-corrected chi connectivity index (χ3v) is 4.86. The average molecular weight is 325 g/mol. The first-order valence-electron chi connectivity index (χ1n) is 4.45. The largest absolute Gasteiger partial charge is 0.374 e. The molecule has 0 atom stereocenters. The number of nitrogens with zero attached hydrogens (tertiary/aromatic N) is 2. The van der Waals surface area contributed by atoms with Gasteiger partial charge in [0, 0.05) is 5.02 Å². The van der Waals surface area contributed by atoms with Gasteiger partial charge in [0.1, 0.15) is 0 Å². The Bertz CT molecular complexity index is 686. The van der Waals surface area contributed by atoms with Crippen LogP contribution < -0.4 is 10.5 Å². The first-order valence-corrected chi connectivity index (χ1v) is 7.51. The number of hydrogen-bond acceptors (Lipinski definition) is 6. The summed E-state index contributed by atoms with van der Waals surface area (Å²) in [5, 5.41) is 7.55. The Labute approximate surface area is 117 Å². The zero-order chi connectivity index (χ0) is 13.3. The Hall–Kier alpha value is -1.09. The number of nitrogen functional groups attached to an aromatic ring is 1. The fraction of sp³-hybridized carbons (Fsp3) is 0. The van der Waals surface area contributed by atoms with Gasteiger partial charge in [-0.3, -0.25) is 4.72 Å². The molecule has 0 spiro atoms. The van der Waals surface area contributed by atoms with Gasteiger partial charge in [-0.05, 0) is 18.2 Å². The molecule has 2 rings (SSSR count). The molecule has 0 fully saturated rings. The van der Waals surface area contributed by atoms with Crippen LogP contribution in [-0.2, 0) is 10.0 Å². The summed E-state index contributed by atoms with van der Waals surface area (Å²) in [7, 11) is -3.84. The van der Waals surface area contributed by atoms with E-state index in [1.807, 2.05) is 0 Å². The zero-order valence-corrected chi connectivity index (χ0v) is 11.7. The van der Waals surface area contributed by atoms with Gasteiger partial charge in [0.15, 0.2) is 0 Å². The lowest BCUT2D eigenvalue weighted by molar-refractivity contribution is 0.599. The Morgan fingerprint density at radius 3 is 2.56 bits per heavy atom. The van der Waals surface area contributed by atoms with E-state index in [0.29, 0.717) is 5.02 Å². The molecule has 0 saturated heterocycles.